The molecule has 7 heteroatoms. The number of thioether (sulfide) groups is 1. The predicted molar refractivity (Wildman–Crippen MR) is 119 cm³/mol. The fourth-order valence-corrected chi connectivity index (χ4v) is 3.86. The van der Waals surface area contributed by atoms with Gasteiger partial charge in [0.25, 0.3) is 5.91 Å². The van der Waals surface area contributed by atoms with Gasteiger partial charge in [-0.05, 0) is 65.3 Å². The van der Waals surface area contributed by atoms with E-state index in [1.807, 2.05) is 30.3 Å². The summed E-state index contributed by atoms with van der Waals surface area (Å²) in [6.07, 6.45) is 0. The van der Waals surface area contributed by atoms with E-state index in [4.69, 9.17) is 0 Å². The first kappa shape index (κ1) is 21.1. The number of hydrogen-bond acceptors (Lipinski definition) is 3. The molecule has 1 unspecified atom stereocenters. The van der Waals surface area contributed by atoms with Gasteiger partial charge in [-0.15, -0.1) is 11.8 Å². The van der Waals surface area contributed by atoms with Crippen LogP contribution >= 0.6 is 27.7 Å². The largest absolute Gasteiger partial charge is 0.324 e. The maximum absolute atomic E-state index is 13.8. The second kappa shape index (κ2) is 9.71. The topological polar surface area (TPSA) is 58.2 Å². The fraction of sp³-hybridized carbons (Fsp3) is 0.0909. The molecule has 0 aliphatic carbocycles. The van der Waals surface area contributed by atoms with Crippen LogP contribution in [0.15, 0.2) is 82.2 Å². The first-order chi connectivity index (χ1) is 13.9. The lowest BCUT2D eigenvalue weighted by atomic mass is 10.2. The maximum atomic E-state index is 13.8. The molecule has 29 heavy (non-hydrogen) atoms. The van der Waals surface area contributed by atoms with Crippen molar-refractivity contribution in [2.45, 2.75) is 17.1 Å². The summed E-state index contributed by atoms with van der Waals surface area (Å²) < 4.78 is 14.6. The Kier molecular flexibility index (Phi) is 7.06. The third-order valence-electron chi connectivity index (χ3n) is 4.02. The highest BCUT2D eigenvalue weighted by Crippen LogP contribution is 2.28. The SMILES string of the molecule is CC(Sc1cccc(NC(=O)c2ccccc2F)c1)C(=O)Nc1ccccc1Br. The molecule has 0 aromatic heterocycles. The molecule has 0 fully saturated rings. The van der Waals surface area contributed by atoms with Gasteiger partial charge in [-0.3, -0.25) is 9.59 Å². The Morgan fingerprint density at radius 1 is 0.966 bits per heavy atom. The van der Waals surface area contributed by atoms with E-state index in [9.17, 15) is 14.0 Å². The number of anilines is 2. The van der Waals surface area contributed by atoms with Crippen LogP contribution in [0.4, 0.5) is 15.8 Å². The number of carbonyl (C=O) groups is 2. The zero-order valence-electron chi connectivity index (χ0n) is 15.5. The van der Waals surface area contributed by atoms with Gasteiger partial charge in [0.05, 0.1) is 16.5 Å². The van der Waals surface area contributed by atoms with Crippen LogP contribution in [0.3, 0.4) is 0 Å². The molecule has 148 valence electrons. The summed E-state index contributed by atoms with van der Waals surface area (Å²) in [5.41, 5.74) is 1.21. The van der Waals surface area contributed by atoms with Gasteiger partial charge in [-0.1, -0.05) is 30.3 Å². The summed E-state index contributed by atoms with van der Waals surface area (Å²) in [6, 6.07) is 20.3. The molecule has 2 N–H and O–H groups in total. The maximum Gasteiger partial charge on any atom is 0.258 e. The summed E-state index contributed by atoms with van der Waals surface area (Å²) in [6.45, 7) is 1.81. The molecular weight excluding hydrogens is 455 g/mol. The third-order valence-corrected chi connectivity index (χ3v) is 5.81. The number of benzene rings is 3. The van der Waals surface area contributed by atoms with Crippen LogP contribution in [-0.4, -0.2) is 17.1 Å². The van der Waals surface area contributed by atoms with Crippen LogP contribution in [-0.2, 0) is 4.79 Å². The molecule has 0 saturated heterocycles. The molecule has 4 nitrogen and oxygen atoms in total. The molecule has 0 heterocycles. The van der Waals surface area contributed by atoms with Gasteiger partial charge in [0.2, 0.25) is 5.91 Å². The Balaban J connectivity index is 1.65. The van der Waals surface area contributed by atoms with E-state index in [2.05, 4.69) is 26.6 Å². The van der Waals surface area contributed by atoms with Gasteiger partial charge in [0.15, 0.2) is 0 Å². The van der Waals surface area contributed by atoms with Crippen molar-refractivity contribution in [2.24, 2.45) is 0 Å². The van der Waals surface area contributed by atoms with Crippen LogP contribution in [0, 0.1) is 5.82 Å². The number of rotatable bonds is 6. The van der Waals surface area contributed by atoms with E-state index in [1.54, 1.807) is 31.2 Å². The fourth-order valence-electron chi connectivity index (χ4n) is 2.55. The number of carbonyl (C=O) groups excluding carboxylic acids is 2. The predicted octanol–water partition coefficient (Wildman–Crippen LogP) is 5.96. The third kappa shape index (κ3) is 5.68. The summed E-state index contributed by atoms with van der Waals surface area (Å²) in [5, 5.41) is 5.22. The van der Waals surface area contributed by atoms with Gasteiger partial charge in [0.1, 0.15) is 5.82 Å². The Bertz CT molecular complexity index is 1040. The highest BCUT2D eigenvalue weighted by molar-refractivity contribution is 9.10. The molecule has 1 atom stereocenters. The van der Waals surface area contributed by atoms with Crippen molar-refractivity contribution in [3.05, 3.63) is 88.6 Å². The number of para-hydroxylation sites is 1. The van der Waals surface area contributed by atoms with E-state index >= 15 is 0 Å². The Morgan fingerprint density at radius 2 is 1.69 bits per heavy atom. The van der Waals surface area contributed by atoms with Crippen molar-refractivity contribution in [1.82, 2.24) is 0 Å². The molecule has 0 radical (unpaired) electrons. The number of nitrogens with one attached hydrogen (secondary N) is 2. The van der Waals surface area contributed by atoms with Crippen LogP contribution in [0.1, 0.15) is 17.3 Å². The van der Waals surface area contributed by atoms with Gasteiger partial charge in [-0.25, -0.2) is 4.39 Å². The molecule has 0 saturated carbocycles. The second-order valence-electron chi connectivity index (χ2n) is 6.19. The Labute approximate surface area is 181 Å². The van der Waals surface area contributed by atoms with Crippen molar-refractivity contribution < 1.29 is 14.0 Å². The van der Waals surface area contributed by atoms with Gasteiger partial charge in [-0.2, -0.15) is 0 Å². The minimum Gasteiger partial charge on any atom is -0.324 e. The minimum absolute atomic E-state index is 0.0215. The first-order valence-corrected chi connectivity index (χ1v) is 10.5. The van der Waals surface area contributed by atoms with E-state index in [-0.39, 0.29) is 16.7 Å². The minimum atomic E-state index is -0.576. The molecule has 0 spiro atoms. The molecule has 0 aliphatic rings. The van der Waals surface area contributed by atoms with Crippen molar-refractivity contribution in [1.29, 1.82) is 0 Å². The van der Waals surface area contributed by atoms with E-state index in [1.165, 1.54) is 30.0 Å². The van der Waals surface area contributed by atoms with E-state index in [0.717, 1.165) is 9.37 Å². The lowest BCUT2D eigenvalue weighted by molar-refractivity contribution is -0.115. The Hall–Kier alpha value is -2.64. The number of halogens is 2. The summed E-state index contributed by atoms with van der Waals surface area (Å²) in [7, 11) is 0. The highest BCUT2D eigenvalue weighted by Gasteiger charge is 2.16. The average Bonchev–Trinajstić information content (AvgIpc) is 2.70. The van der Waals surface area contributed by atoms with E-state index < -0.39 is 11.7 Å². The Morgan fingerprint density at radius 3 is 2.45 bits per heavy atom. The van der Waals surface area contributed by atoms with Crippen LogP contribution in [0.25, 0.3) is 0 Å². The summed E-state index contributed by atoms with van der Waals surface area (Å²) >= 11 is 4.77. The van der Waals surface area contributed by atoms with E-state index in [0.29, 0.717) is 11.4 Å². The second-order valence-corrected chi connectivity index (χ2v) is 8.46. The molecule has 2 amide bonds. The monoisotopic (exact) mass is 472 g/mol. The summed E-state index contributed by atoms with van der Waals surface area (Å²) in [4.78, 5) is 25.6. The molecule has 0 bridgehead atoms. The van der Waals surface area contributed by atoms with Crippen LogP contribution in [0.5, 0.6) is 0 Å². The summed E-state index contributed by atoms with van der Waals surface area (Å²) in [5.74, 6) is -1.24. The standard InChI is InChI=1S/C22H18BrFN2O2S/c1-14(21(27)26-20-12-5-3-10-18(20)23)29-16-8-6-7-15(13-16)25-22(28)17-9-2-4-11-19(17)24/h2-14H,1H3,(H,25,28)(H,26,27). The normalized spacial score (nSPS) is 11.6. The number of amides is 2. The quantitative estimate of drug-likeness (QED) is 0.435. The lowest BCUT2D eigenvalue weighted by Crippen LogP contribution is -2.22. The number of hydrogen-bond donors (Lipinski definition) is 2. The molecule has 3 aromatic carbocycles. The zero-order valence-corrected chi connectivity index (χ0v) is 17.9. The van der Waals surface area contributed by atoms with Crippen molar-refractivity contribution >= 4 is 50.9 Å². The molecule has 3 rings (SSSR count). The first-order valence-electron chi connectivity index (χ1n) is 8.82. The smallest absolute Gasteiger partial charge is 0.258 e. The van der Waals surface area contributed by atoms with Gasteiger partial charge < -0.3 is 10.6 Å². The van der Waals surface area contributed by atoms with Crippen LogP contribution in [0.2, 0.25) is 0 Å². The average molecular weight is 473 g/mol. The molecule has 3 aromatic rings. The zero-order chi connectivity index (χ0) is 20.8. The molecular formula is C22H18BrFN2O2S. The molecule has 0 aliphatic heterocycles. The highest BCUT2D eigenvalue weighted by atomic mass is 79.9. The lowest BCUT2D eigenvalue weighted by Gasteiger charge is -2.14. The van der Waals surface area contributed by atoms with Crippen molar-refractivity contribution in [3.8, 4) is 0 Å². The van der Waals surface area contributed by atoms with Gasteiger partial charge >= 0.3 is 0 Å². The van der Waals surface area contributed by atoms with Gasteiger partial charge in [0, 0.05) is 15.1 Å². The van der Waals surface area contributed by atoms with Crippen LogP contribution < -0.4 is 10.6 Å². The van der Waals surface area contributed by atoms with Crippen molar-refractivity contribution in [2.75, 3.05) is 10.6 Å². The van der Waals surface area contributed by atoms with Crippen molar-refractivity contribution in [3.63, 3.8) is 0 Å².